The fourth-order valence-electron chi connectivity index (χ4n) is 2.00. The molecule has 0 aliphatic rings. The summed E-state index contributed by atoms with van der Waals surface area (Å²) in [6.07, 6.45) is -3.64. The Kier molecular flexibility index (Phi) is 11.5. The standard InChI is InChI=1S/C17H19F3N4O2.2ClH/c1-26-9-8-21-11-16(25)24-14-5-3-13(4-6-14)23-15-7-2-12(10-22-15)17(18,19)20;;/h2-7,10,21H,8-9,11H2,1H3,(H,22,23)(H,24,25);2*1H. The van der Waals surface area contributed by atoms with Crippen LogP contribution in [-0.2, 0) is 15.7 Å². The zero-order chi connectivity index (χ0) is 19.0. The highest BCUT2D eigenvalue weighted by Gasteiger charge is 2.30. The molecule has 0 saturated heterocycles. The van der Waals surface area contributed by atoms with E-state index in [1.165, 1.54) is 6.07 Å². The van der Waals surface area contributed by atoms with E-state index in [9.17, 15) is 18.0 Å². The van der Waals surface area contributed by atoms with Gasteiger partial charge in [0.1, 0.15) is 5.82 Å². The highest BCUT2D eigenvalue weighted by atomic mass is 35.5. The second kappa shape index (κ2) is 12.4. The van der Waals surface area contributed by atoms with Crippen LogP contribution < -0.4 is 16.0 Å². The van der Waals surface area contributed by atoms with Gasteiger partial charge in [-0.05, 0) is 36.4 Å². The number of alkyl halides is 3. The molecule has 0 saturated carbocycles. The topological polar surface area (TPSA) is 75.3 Å². The number of ether oxygens (including phenoxy) is 1. The van der Waals surface area contributed by atoms with E-state index in [1.807, 2.05) is 0 Å². The third-order valence-corrected chi connectivity index (χ3v) is 3.30. The van der Waals surface area contributed by atoms with Gasteiger partial charge < -0.3 is 20.7 Å². The first-order chi connectivity index (χ1) is 12.4. The van der Waals surface area contributed by atoms with Crippen molar-refractivity contribution in [1.29, 1.82) is 0 Å². The van der Waals surface area contributed by atoms with E-state index in [-0.39, 0.29) is 43.1 Å². The summed E-state index contributed by atoms with van der Waals surface area (Å²) in [6.45, 7) is 1.26. The van der Waals surface area contributed by atoms with E-state index < -0.39 is 11.7 Å². The van der Waals surface area contributed by atoms with Gasteiger partial charge in [-0.2, -0.15) is 13.2 Å². The van der Waals surface area contributed by atoms with Gasteiger partial charge >= 0.3 is 6.18 Å². The van der Waals surface area contributed by atoms with Crippen molar-refractivity contribution in [1.82, 2.24) is 10.3 Å². The average Bonchev–Trinajstić information content (AvgIpc) is 2.60. The van der Waals surface area contributed by atoms with Crippen molar-refractivity contribution in [2.75, 3.05) is 37.4 Å². The fraction of sp³-hybridized carbons (Fsp3) is 0.294. The van der Waals surface area contributed by atoms with Gasteiger partial charge in [0.25, 0.3) is 0 Å². The highest BCUT2D eigenvalue weighted by Crippen LogP contribution is 2.29. The number of pyridine rings is 1. The normalized spacial score (nSPS) is 10.4. The van der Waals surface area contributed by atoms with Crippen LogP contribution in [0.1, 0.15) is 5.56 Å². The van der Waals surface area contributed by atoms with Gasteiger partial charge in [0.05, 0.1) is 18.7 Å². The second-order valence-corrected chi connectivity index (χ2v) is 5.35. The lowest BCUT2D eigenvalue weighted by Gasteiger charge is -2.10. The molecule has 0 fully saturated rings. The summed E-state index contributed by atoms with van der Waals surface area (Å²) in [5, 5.41) is 8.55. The number of hydrogen-bond acceptors (Lipinski definition) is 5. The highest BCUT2D eigenvalue weighted by molar-refractivity contribution is 5.92. The van der Waals surface area contributed by atoms with Gasteiger partial charge in [0, 0.05) is 31.2 Å². The van der Waals surface area contributed by atoms with Gasteiger partial charge in [-0.25, -0.2) is 4.98 Å². The molecule has 1 aromatic carbocycles. The number of carbonyl (C=O) groups is 1. The van der Waals surface area contributed by atoms with Crippen molar-refractivity contribution in [3.63, 3.8) is 0 Å². The number of rotatable bonds is 8. The smallest absolute Gasteiger partial charge is 0.383 e. The lowest BCUT2D eigenvalue weighted by atomic mass is 10.2. The van der Waals surface area contributed by atoms with Crippen LogP contribution in [0.5, 0.6) is 0 Å². The first-order valence-electron chi connectivity index (χ1n) is 7.78. The summed E-state index contributed by atoms with van der Waals surface area (Å²) < 4.78 is 42.4. The van der Waals surface area contributed by atoms with Crippen molar-refractivity contribution in [2.45, 2.75) is 6.18 Å². The molecule has 0 aliphatic carbocycles. The molecule has 28 heavy (non-hydrogen) atoms. The molecule has 0 unspecified atom stereocenters. The number of nitrogens with zero attached hydrogens (tertiary/aromatic N) is 1. The second-order valence-electron chi connectivity index (χ2n) is 5.35. The Bertz CT molecular complexity index is 714. The monoisotopic (exact) mass is 440 g/mol. The van der Waals surface area contributed by atoms with Gasteiger partial charge in [0.15, 0.2) is 0 Å². The number of methoxy groups -OCH3 is 1. The molecule has 0 aliphatic heterocycles. The summed E-state index contributed by atoms with van der Waals surface area (Å²) in [6, 6.07) is 8.95. The lowest BCUT2D eigenvalue weighted by molar-refractivity contribution is -0.137. The Morgan fingerprint density at radius 2 is 1.71 bits per heavy atom. The number of nitrogens with one attached hydrogen (secondary N) is 3. The van der Waals surface area contributed by atoms with Crippen LogP contribution >= 0.6 is 24.8 Å². The molecule has 1 aromatic heterocycles. The van der Waals surface area contributed by atoms with E-state index in [0.717, 1.165) is 12.3 Å². The number of anilines is 3. The van der Waals surface area contributed by atoms with Gasteiger partial charge in [0.2, 0.25) is 5.91 Å². The van der Waals surface area contributed by atoms with Crippen molar-refractivity contribution < 1.29 is 22.7 Å². The number of aromatic nitrogens is 1. The molecule has 0 bridgehead atoms. The van der Waals surface area contributed by atoms with E-state index in [4.69, 9.17) is 4.74 Å². The molecule has 2 rings (SSSR count). The Labute approximate surface area is 173 Å². The van der Waals surface area contributed by atoms with Gasteiger partial charge in [-0.15, -0.1) is 24.8 Å². The summed E-state index contributed by atoms with van der Waals surface area (Å²) >= 11 is 0. The summed E-state index contributed by atoms with van der Waals surface area (Å²) in [7, 11) is 1.58. The third-order valence-electron chi connectivity index (χ3n) is 3.30. The van der Waals surface area contributed by atoms with Crippen LogP contribution in [0.25, 0.3) is 0 Å². The molecule has 0 atom stereocenters. The molecule has 3 N–H and O–H groups in total. The van der Waals surface area contributed by atoms with Crippen LogP contribution in [0.4, 0.5) is 30.4 Å². The van der Waals surface area contributed by atoms with E-state index >= 15 is 0 Å². The van der Waals surface area contributed by atoms with Crippen molar-refractivity contribution in [2.24, 2.45) is 0 Å². The molecule has 0 radical (unpaired) electrons. The van der Waals surface area contributed by atoms with Crippen LogP contribution in [0, 0.1) is 0 Å². The minimum atomic E-state index is -4.41. The first-order valence-corrected chi connectivity index (χ1v) is 7.78. The fourth-order valence-corrected chi connectivity index (χ4v) is 2.00. The number of halogens is 5. The zero-order valence-corrected chi connectivity index (χ0v) is 16.5. The summed E-state index contributed by atoms with van der Waals surface area (Å²) in [5.74, 6) is 0.100. The molecule has 2 aromatic rings. The van der Waals surface area contributed by atoms with Gasteiger partial charge in [-0.3, -0.25) is 4.79 Å². The van der Waals surface area contributed by atoms with Gasteiger partial charge in [-0.1, -0.05) is 0 Å². The van der Waals surface area contributed by atoms with Crippen LogP contribution in [0.15, 0.2) is 42.6 Å². The SMILES string of the molecule is COCCNCC(=O)Nc1ccc(Nc2ccc(C(F)(F)F)cn2)cc1.Cl.Cl. The minimum absolute atomic E-state index is 0. The van der Waals surface area contributed by atoms with E-state index in [0.29, 0.717) is 24.5 Å². The molecular weight excluding hydrogens is 420 g/mol. The van der Waals surface area contributed by atoms with Crippen molar-refractivity contribution in [3.8, 4) is 0 Å². The Hall–Kier alpha value is -2.07. The van der Waals surface area contributed by atoms with Crippen molar-refractivity contribution in [3.05, 3.63) is 48.2 Å². The molecule has 156 valence electrons. The molecule has 11 heteroatoms. The average molecular weight is 441 g/mol. The minimum Gasteiger partial charge on any atom is -0.383 e. The van der Waals surface area contributed by atoms with E-state index in [1.54, 1.807) is 31.4 Å². The molecule has 1 heterocycles. The van der Waals surface area contributed by atoms with Crippen LogP contribution in [-0.4, -0.2) is 37.7 Å². The maximum Gasteiger partial charge on any atom is 0.417 e. The van der Waals surface area contributed by atoms with Crippen molar-refractivity contribution >= 4 is 47.9 Å². The molecular formula is C17H21Cl2F3N4O2. The predicted molar refractivity (Wildman–Crippen MR) is 107 cm³/mol. The Morgan fingerprint density at radius 1 is 1.07 bits per heavy atom. The lowest BCUT2D eigenvalue weighted by Crippen LogP contribution is -2.30. The predicted octanol–water partition coefficient (Wildman–Crippen LogP) is 3.86. The number of carbonyl (C=O) groups excluding carboxylic acids is 1. The largest absolute Gasteiger partial charge is 0.417 e. The summed E-state index contributed by atoms with van der Waals surface area (Å²) in [4.78, 5) is 15.5. The number of benzene rings is 1. The molecule has 0 spiro atoms. The van der Waals surface area contributed by atoms with Crippen LogP contribution in [0.3, 0.4) is 0 Å². The maximum absolute atomic E-state index is 12.5. The zero-order valence-electron chi connectivity index (χ0n) is 14.9. The Morgan fingerprint density at radius 3 is 2.25 bits per heavy atom. The maximum atomic E-state index is 12.5. The van der Waals surface area contributed by atoms with Crippen LogP contribution in [0.2, 0.25) is 0 Å². The molecule has 1 amide bonds. The quantitative estimate of drug-likeness (QED) is 0.543. The number of amides is 1. The number of hydrogen-bond donors (Lipinski definition) is 3. The summed E-state index contributed by atoms with van der Waals surface area (Å²) in [5.41, 5.74) is 0.433. The Balaban J connectivity index is 0.00000364. The van der Waals surface area contributed by atoms with E-state index in [2.05, 4.69) is 20.9 Å². The molecule has 6 nitrogen and oxygen atoms in total. The third kappa shape index (κ3) is 8.75. The first kappa shape index (κ1) is 25.9.